The minimum atomic E-state index is -0.0931. The predicted octanol–water partition coefficient (Wildman–Crippen LogP) is 1.55. The summed E-state index contributed by atoms with van der Waals surface area (Å²) < 4.78 is 1.33. The Labute approximate surface area is 137 Å². The van der Waals surface area contributed by atoms with Crippen molar-refractivity contribution in [1.29, 1.82) is 0 Å². The van der Waals surface area contributed by atoms with Crippen LogP contribution in [0, 0.1) is 11.8 Å². The van der Waals surface area contributed by atoms with Crippen LogP contribution in [0.2, 0.25) is 0 Å². The molecule has 2 heterocycles. The lowest BCUT2D eigenvalue weighted by Gasteiger charge is -2.18. The van der Waals surface area contributed by atoms with Gasteiger partial charge >= 0.3 is 0 Å². The van der Waals surface area contributed by atoms with Crippen LogP contribution in [-0.2, 0) is 11.8 Å². The fourth-order valence-electron chi connectivity index (χ4n) is 3.04. The number of amides is 1. The van der Waals surface area contributed by atoms with E-state index < -0.39 is 0 Å². The van der Waals surface area contributed by atoms with Crippen molar-refractivity contribution in [1.82, 2.24) is 15.1 Å². The lowest BCUT2D eigenvalue weighted by molar-refractivity contribution is -0.122. The summed E-state index contributed by atoms with van der Waals surface area (Å²) in [5.74, 6) is 1.08. The number of nitrogens with one attached hydrogen (secondary N) is 1. The third kappa shape index (κ3) is 4.81. The molecule has 2 rings (SSSR count). The zero-order valence-corrected chi connectivity index (χ0v) is 14.4. The molecule has 1 N–H and O–H groups in total. The van der Waals surface area contributed by atoms with Crippen LogP contribution in [-0.4, -0.2) is 35.3 Å². The summed E-state index contributed by atoms with van der Waals surface area (Å²) >= 11 is 0. The normalized spacial score (nSPS) is 17.7. The van der Waals surface area contributed by atoms with Crippen LogP contribution in [0.25, 0.3) is 0 Å². The minimum absolute atomic E-state index is 0.0931. The maximum Gasteiger partial charge on any atom is 0.268 e. The van der Waals surface area contributed by atoms with Gasteiger partial charge in [-0.15, -0.1) is 0 Å². The minimum Gasteiger partial charge on any atom is -0.370 e. The van der Waals surface area contributed by atoms with E-state index in [2.05, 4.69) is 29.2 Å². The number of hydrogen-bond donors (Lipinski definition) is 1. The Kier molecular flexibility index (Phi) is 6.19. The van der Waals surface area contributed by atoms with Crippen LogP contribution < -0.4 is 15.8 Å². The summed E-state index contributed by atoms with van der Waals surface area (Å²) in [7, 11) is 1.65. The van der Waals surface area contributed by atoms with Gasteiger partial charge in [0.25, 0.3) is 5.56 Å². The van der Waals surface area contributed by atoms with E-state index in [4.69, 9.17) is 0 Å². The number of carbonyl (C=O) groups is 1. The fourth-order valence-corrected chi connectivity index (χ4v) is 3.04. The van der Waals surface area contributed by atoms with Crippen LogP contribution in [0.3, 0.4) is 0 Å². The Morgan fingerprint density at radius 2 is 2.17 bits per heavy atom. The summed E-state index contributed by atoms with van der Waals surface area (Å²) in [5, 5.41) is 7.14. The Balaban J connectivity index is 1.80. The van der Waals surface area contributed by atoms with Crippen molar-refractivity contribution >= 4 is 11.6 Å². The molecule has 0 spiro atoms. The third-order valence-corrected chi connectivity index (χ3v) is 4.82. The van der Waals surface area contributed by atoms with Gasteiger partial charge in [0.15, 0.2) is 0 Å². The molecule has 6 heteroatoms. The van der Waals surface area contributed by atoms with Crippen molar-refractivity contribution in [3.8, 4) is 0 Å². The van der Waals surface area contributed by atoms with Gasteiger partial charge in [0, 0.05) is 39.2 Å². The van der Waals surface area contributed by atoms with Gasteiger partial charge in [0.2, 0.25) is 5.91 Å². The average molecular weight is 320 g/mol. The maximum absolute atomic E-state index is 12.0. The highest BCUT2D eigenvalue weighted by Gasteiger charge is 2.24. The van der Waals surface area contributed by atoms with Gasteiger partial charge in [-0.25, -0.2) is 4.68 Å². The first-order valence-electron chi connectivity index (χ1n) is 8.58. The number of carbonyl (C=O) groups excluding carboxylic acids is 1. The van der Waals surface area contributed by atoms with E-state index in [1.807, 2.05) is 0 Å². The summed E-state index contributed by atoms with van der Waals surface area (Å²) in [6.07, 6.45) is 5.49. The molecule has 1 atom stereocenters. The van der Waals surface area contributed by atoms with E-state index in [-0.39, 0.29) is 11.5 Å². The number of nitrogens with zero attached hydrogens (tertiary/aromatic N) is 3. The van der Waals surface area contributed by atoms with Crippen molar-refractivity contribution in [2.24, 2.45) is 18.9 Å². The van der Waals surface area contributed by atoms with E-state index in [1.165, 1.54) is 4.68 Å². The van der Waals surface area contributed by atoms with E-state index in [0.29, 0.717) is 24.8 Å². The fraction of sp³-hybridized carbons (Fsp3) is 0.706. The highest BCUT2D eigenvalue weighted by Crippen LogP contribution is 2.21. The molecule has 1 amide bonds. The lowest BCUT2D eigenvalue weighted by atomic mass is 9.99. The standard InChI is InChI=1S/C17H28N4O2/c1-4-13(5-2)8-16(22)18-10-14-6-7-21(12-14)15-9-17(23)20(3)19-11-15/h9,11,13-14H,4-8,10,12H2,1-3H3,(H,18,22). The number of aryl methyl sites for hydroxylation is 1. The first kappa shape index (κ1) is 17.5. The Hall–Kier alpha value is -1.85. The van der Waals surface area contributed by atoms with Gasteiger partial charge in [0.05, 0.1) is 11.9 Å². The van der Waals surface area contributed by atoms with Gasteiger partial charge in [-0.2, -0.15) is 5.10 Å². The maximum atomic E-state index is 12.0. The number of aromatic nitrogens is 2. The zero-order valence-electron chi connectivity index (χ0n) is 14.4. The molecule has 1 aliphatic heterocycles. The number of anilines is 1. The monoisotopic (exact) mass is 320 g/mol. The average Bonchev–Trinajstić information content (AvgIpc) is 3.02. The number of rotatable bonds is 7. The molecule has 0 aliphatic carbocycles. The summed E-state index contributed by atoms with van der Waals surface area (Å²) in [6.45, 7) is 6.75. The van der Waals surface area contributed by atoms with Crippen molar-refractivity contribution in [2.75, 3.05) is 24.5 Å². The van der Waals surface area contributed by atoms with Gasteiger partial charge in [0.1, 0.15) is 0 Å². The summed E-state index contributed by atoms with van der Waals surface area (Å²) in [5.41, 5.74) is 0.781. The molecule has 1 aromatic rings. The number of hydrogen-bond acceptors (Lipinski definition) is 4. The summed E-state index contributed by atoms with van der Waals surface area (Å²) in [6, 6.07) is 1.63. The third-order valence-electron chi connectivity index (χ3n) is 4.82. The molecule has 1 aromatic heterocycles. The van der Waals surface area contributed by atoms with Gasteiger partial charge in [-0.3, -0.25) is 9.59 Å². The molecular formula is C17H28N4O2. The van der Waals surface area contributed by atoms with Gasteiger partial charge in [-0.05, 0) is 18.3 Å². The SMILES string of the molecule is CCC(CC)CC(=O)NCC1CCN(c2cnn(C)c(=O)c2)C1. The Bertz CT molecular complexity index is 580. The smallest absolute Gasteiger partial charge is 0.268 e. The second kappa shape index (κ2) is 8.13. The van der Waals surface area contributed by atoms with Crippen molar-refractivity contribution < 1.29 is 4.79 Å². The molecule has 0 saturated carbocycles. The molecule has 0 radical (unpaired) electrons. The molecule has 23 heavy (non-hydrogen) atoms. The molecule has 0 aromatic carbocycles. The van der Waals surface area contributed by atoms with E-state index in [1.54, 1.807) is 19.3 Å². The molecule has 6 nitrogen and oxygen atoms in total. The topological polar surface area (TPSA) is 67.2 Å². The highest BCUT2D eigenvalue weighted by atomic mass is 16.1. The van der Waals surface area contributed by atoms with Crippen LogP contribution in [0.5, 0.6) is 0 Å². The van der Waals surface area contributed by atoms with E-state index >= 15 is 0 Å². The second-order valence-electron chi connectivity index (χ2n) is 6.47. The largest absolute Gasteiger partial charge is 0.370 e. The van der Waals surface area contributed by atoms with E-state index in [0.717, 1.165) is 38.0 Å². The van der Waals surface area contributed by atoms with Crippen molar-refractivity contribution in [3.05, 3.63) is 22.6 Å². The lowest BCUT2D eigenvalue weighted by Crippen LogP contribution is -2.32. The molecular weight excluding hydrogens is 292 g/mol. The first-order valence-corrected chi connectivity index (χ1v) is 8.58. The molecule has 1 fully saturated rings. The highest BCUT2D eigenvalue weighted by molar-refractivity contribution is 5.76. The van der Waals surface area contributed by atoms with Crippen LogP contribution in [0.15, 0.2) is 17.1 Å². The zero-order chi connectivity index (χ0) is 16.8. The molecule has 1 saturated heterocycles. The van der Waals surface area contributed by atoms with Crippen LogP contribution >= 0.6 is 0 Å². The van der Waals surface area contributed by atoms with Crippen molar-refractivity contribution in [2.45, 2.75) is 39.5 Å². The van der Waals surface area contributed by atoms with Crippen LogP contribution in [0.4, 0.5) is 5.69 Å². The Morgan fingerprint density at radius 1 is 1.43 bits per heavy atom. The molecule has 1 aliphatic rings. The van der Waals surface area contributed by atoms with Gasteiger partial charge in [-0.1, -0.05) is 26.7 Å². The predicted molar refractivity (Wildman–Crippen MR) is 91.5 cm³/mol. The molecule has 0 bridgehead atoms. The first-order chi connectivity index (χ1) is 11.0. The Morgan fingerprint density at radius 3 is 2.83 bits per heavy atom. The van der Waals surface area contributed by atoms with Gasteiger partial charge < -0.3 is 10.2 Å². The quantitative estimate of drug-likeness (QED) is 0.828. The molecule has 128 valence electrons. The summed E-state index contributed by atoms with van der Waals surface area (Å²) in [4.78, 5) is 25.8. The van der Waals surface area contributed by atoms with Crippen molar-refractivity contribution in [3.63, 3.8) is 0 Å². The van der Waals surface area contributed by atoms with E-state index in [9.17, 15) is 9.59 Å². The molecule has 1 unspecified atom stereocenters. The second-order valence-corrected chi connectivity index (χ2v) is 6.47. The van der Waals surface area contributed by atoms with Crippen LogP contribution in [0.1, 0.15) is 39.5 Å².